The van der Waals surface area contributed by atoms with E-state index in [-0.39, 0.29) is 18.4 Å². The van der Waals surface area contributed by atoms with Crippen LogP contribution in [0.25, 0.3) is 0 Å². The van der Waals surface area contributed by atoms with Gasteiger partial charge in [0.25, 0.3) is 5.91 Å². The quantitative estimate of drug-likeness (QED) is 0.745. The molecule has 1 aliphatic carbocycles. The number of morpholine rings is 1. The van der Waals surface area contributed by atoms with E-state index in [0.717, 1.165) is 32.1 Å². The molecule has 2 saturated heterocycles. The van der Waals surface area contributed by atoms with Crippen molar-refractivity contribution in [1.29, 1.82) is 0 Å². The zero-order valence-corrected chi connectivity index (χ0v) is 17.7. The molecule has 1 aromatic rings. The van der Waals surface area contributed by atoms with E-state index >= 15 is 0 Å². The van der Waals surface area contributed by atoms with Crippen molar-refractivity contribution in [2.45, 2.75) is 43.9 Å². The van der Waals surface area contributed by atoms with Gasteiger partial charge in [-0.25, -0.2) is 0 Å². The largest absolute Gasteiger partial charge is 0.496 e. The molecule has 164 valence electrons. The van der Waals surface area contributed by atoms with E-state index in [1.165, 1.54) is 14.2 Å². The SMILES string of the molecule is COc1cccc(OC)c1C(=O)N1C(C(=O)N2CCOCC2)COC12CCCCC2. The molecule has 4 rings (SSSR count). The van der Waals surface area contributed by atoms with Crippen LogP contribution in [0.4, 0.5) is 0 Å². The summed E-state index contributed by atoms with van der Waals surface area (Å²) in [6, 6.07) is 4.59. The number of amides is 2. The van der Waals surface area contributed by atoms with Gasteiger partial charge in [-0.05, 0) is 37.8 Å². The average Bonchev–Trinajstić information content (AvgIpc) is 3.16. The first-order valence-corrected chi connectivity index (χ1v) is 10.7. The van der Waals surface area contributed by atoms with Crippen LogP contribution in [0.2, 0.25) is 0 Å². The maximum absolute atomic E-state index is 14.0. The zero-order chi connectivity index (χ0) is 21.1. The number of hydrogen-bond donors (Lipinski definition) is 0. The summed E-state index contributed by atoms with van der Waals surface area (Å²) in [4.78, 5) is 30.8. The molecule has 2 amide bonds. The molecule has 2 heterocycles. The van der Waals surface area contributed by atoms with E-state index < -0.39 is 11.8 Å². The fraction of sp³-hybridized carbons (Fsp3) is 0.636. The van der Waals surface area contributed by atoms with Gasteiger partial charge >= 0.3 is 0 Å². The van der Waals surface area contributed by atoms with Gasteiger partial charge in [-0.15, -0.1) is 0 Å². The van der Waals surface area contributed by atoms with Crippen LogP contribution in [0.15, 0.2) is 18.2 Å². The molecule has 1 spiro atoms. The first kappa shape index (κ1) is 20.9. The number of carbonyl (C=O) groups is 2. The molecule has 8 nitrogen and oxygen atoms in total. The van der Waals surface area contributed by atoms with E-state index in [9.17, 15) is 9.59 Å². The molecule has 8 heteroatoms. The Balaban J connectivity index is 1.73. The Hall–Kier alpha value is -2.32. The first-order valence-electron chi connectivity index (χ1n) is 10.7. The van der Waals surface area contributed by atoms with Crippen molar-refractivity contribution in [3.63, 3.8) is 0 Å². The number of ether oxygens (including phenoxy) is 4. The van der Waals surface area contributed by atoms with Gasteiger partial charge in [0.05, 0.1) is 34.0 Å². The van der Waals surface area contributed by atoms with Gasteiger partial charge in [-0.3, -0.25) is 14.5 Å². The van der Waals surface area contributed by atoms with Gasteiger partial charge in [0.1, 0.15) is 28.8 Å². The van der Waals surface area contributed by atoms with E-state index in [4.69, 9.17) is 18.9 Å². The highest BCUT2D eigenvalue weighted by Crippen LogP contribution is 2.43. The van der Waals surface area contributed by atoms with Crippen LogP contribution in [0, 0.1) is 0 Å². The van der Waals surface area contributed by atoms with Crippen molar-refractivity contribution >= 4 is 11.8 Å². The number of carbonyl (C=O) groups excluding carboxylic acids is 2. The Bertz CT molecular complexity index is 764. The van der Waals surface area contributed by atoms with Gasteiger partial charge in [0.15, 0.2) is 0 Å². The molecule has 1 aromatic carbocycles. The third-order valence-electron chi connectivity index (χ3n) is 6.36. The predicted molar refractivity (Wildman–Crippen MR) is 109 cm³/mol. The summed E-state index contributed by atoms with van der Waals surface area (Å²) in [6.45, 7) is 2.29. The molecule has 0 N–H and O–H groups in total. The van der Waals surface area contributed by atoms with Gasteiger partial charge in [0.2, 0.25) is 5.91 Å². The van der Waals surface area contributed by atoms with E-state index in [2.05, 4.69) is 0 Å². The van der Waals surface area contributed by atoms with E-state index in [0.29, 0.717) is 43.4 Å². The second-order valence-electron chi connectivity index (χ2n) is 7.98. The van der Waals surface area contributed by atoms with Crippen LogP contribution in [-0.4, -0.2) is 80.5 Å². The standard InChI is InChI=1S/C22H30N2O6/c1-27-17-7-6-8-18(28-2)19(17)21(26)24-16(20(25)23-11-13-29-14-12-23)15-30-22(24)9-4-3-5-10-22/h6-8,16H,3-5,9-15H2,1-2H3. The van der Waals surface area contributed by atoms with Crippen molar-refractivity contribution < 1.29 is 28.5 Å². The molecule has 1 atom stereocenters. The summed E-state index contributed by atoms with van der Waals surface area (Å²) < 4.78 is 22.6. The maximum Gasteiger partial charge on any atom is 0.264 e. The Labute approximate surface area is 177 Å². The van der Waals surface area contributed by atoms with Crippen molar-refractivity contribution in [3.8, 4) is 11.5 Å². The molecule has 1 unspecified atom stereocenters. The summed E-state index contributed by atoms with van der Waals surface area (Å²) >= 11 is 0. The normalized spacial score (nSPS) is 23.5. The molecular formula is C22H30N2O6. The number of hydrogen-bond acceptors (Lipinski definition) is 6. The van der Waals surface area contributed by atoms with Gasteiger partial charge < -0.3 is 23.8 Å². The first-order chi connectivity index (χ1) is 14.6. The lowest BCUT2D eigenvalue weighted by Crippen LogP contribution is -2.58. The molecular weight excluding hydrogens is 388 g/mol. The summed E-state index contributed by atoms with van der Waals surface area (Å²) in [5.41, 5.74) is -0.425. The number of benzene rings is 1. The van der Waals surface area contributed by atoms with E-state index in [1.807, 2.05) is 0 Å². The second kappa shape index (κ2) is 8.81. The molecule has 3 fully saturated rings. The van der Waals surface area contributed by atoms with Gasteiger partial charge in [0, 0.05) is 13.1 Å². The van der Waals surface area contributed by atoms with Crippen molar-refractivity contribution in [1.82, 2.24) is 9.80 Å². The molecule has 0 bridgehead atoms. The van der Waals surface area contributed by atoms with Crippen LogP contribution < -0.4 is 9.47 Å². The Morgan fingerprint density at radius 3 is 2.27 bits per heavy atom. The highest BCUT2D eigenvalue weighted by atomic mass is 16.5. The number of methoxy groups -OCH3 is 2. The lowest BCUT2D eigenvalue weighted by molar-refractivity contribution is -0.141. The molecule has 3 aliphatic rings. The lowest BCUT2D eigenvalue weighted by Gasteiger charge is -2.42. The minimum absolute atomic E-state index is 0.0806. The Kier molecular flexibility index (Phi) is 6.15. The van der Waals surface area contributed by atoms with Crippen LogP contribution in [0.5, 0.6) is 11.5 Å². The summed E-state index contributed by atoms with van der Waals surface area (Å²) in [5, 5.41) is 0. The number of nitrogens with zero attached hydrogens (tertiary/aromatic N) is 2. The molecule has 0 aromatic heterocycles. The maximum atomic E-state index is 14.0. The third-order valence-corrected chi connectivity index (χ3v) is 6.36. The average molecular weight is 418 g/mol. The summed E-state index contributed by atoms with van der Waals surface area (Å²) in [7, 11) is 3.05. The van der Waals surface area contributed by atoms with Crippen LogP contribution in [-0.2, 0) is 14.3 Å². The minimum atomic E-state index is -0.756. The van der Waals surface area contributed by atoms with Crippen LogP contribution >= 0.6 is 0 Å². The smallest absolute Gasteiger partial charge is 0.264 e. The minimum Gasteiger partial charge on any atom is -0.496 e. The van der Waals surface area contributed by atoms with Gasteiger partial charge in [-0.1, -0.05) is 12.5 Å². The van der Waals surface area contributed by atoms with E-state index in [1.54, 1.807) is 28.0 Å². The molecule has 30 heavy (non-hydrogen) atoms. The Morgan fingerprint density at radius 2 is 1.67 bits per heavy atom. The fourth-order valence-electron chi connectivity index (χ4n) is 4.84. The highest BCUT2D eigenvalue weighted by Gasteiger charge is 2.54. The highest BCUT2D eigenvalue weighted by molar-refractivity contribution is 6.02. The monoisotopic (exact) mass is 418 g/mol. The van der Waals surface area contributed by atoms with Gasteiger partial charge in [-0.2, -0.15) is 0 Å². The molecule has 1 saturated carbocycles. The van der Waals surface area contributed by atoms with Crippen LogP contribution in [0.1, 0.15) is 42.5 Å². The zero-order valence-electron chi connectivity index (χ0n) is 17.7. The lowest BCUT2D eigenvalue weighted by atomic mass is 9.89. The summed E-state index contributed by atoms with van der Waals surface area (Å²) in [5.74, 6) is 0.489. The van der Waals surface area contributed by atoms with Crippen LogP contribution in [0.3, 0.4) is 0 Å². The second-order valence-corrected chi connectivity index (χ2v) is 7.98. The summed E-state index contributed by atoms with van der Waals surface area (Å²) in [6.07, 6.45) is 4.48. The van der Waals surface area contributed by atoms with Crippen molar-refractivity contribution in [2.75, 3.05) is 47.1 Å². The molecule has 2 aliphatic heterocycles. The number of rotatable bonds is 4. The third kappa shape index (κ3) is 3.63. The predicted octanol–water partition coefficient (Wildman–Crippen LogP) is 2.06. The van der Waals surface area contributed by atoms with Crippen molar-refractivity contribution in [2.24, 2.45) is 0 Å². The van der Waals surface area contributed by atoms with Crippen molar-refractivity contribution in [3.05, 3.63) is 23.8 Å². The Morgan fingerprint density at radius 1 is 1.03 bits per heavy atom. The molecule has 0 radical (unpaired) electrons. The topological polar surface area (TPSA) is 77.5 Å². The fourth-order valence-corrected chi connectivity index (χ4v) is 4.84.